The Morgan fingerprint density at radius 3 is 2.76 bits per heavy atom. The first-order valence-corrected chi connectivity index (χ1v) is 7.80. The number of hydrogen-bond acceptors (Lipinski definition) is 5. The average molecular weight is 326 g/mol. The van der Waals surface area contributed by atoms with E-state index in [4.69, 9.17) is 11.0 Å². The maximum atomic E-state index is 9.05. The third-order valence-electron chi connectivity index (χ3n) is 3.95. The third-order valence-corrected chi connectivity index (χ3v) is 3.95. The van der Waals surface area contributed by atoms with Crippen LogP contribution in [0.3, 0.4) is 0 Å². The van der Waals surface area contributed by atoms with Gasteiger partial charge in [-0.2, -0.15) is 10.4 Å². The molecule has 120 valence electrons. The summed E-state index contributed by atoms with van der Waals surface area (Å²) >= 11 is 0. The highest BCUT2D eigenvalue weighted by Gasteiger charge is 2.09. The highest BCUT2D eigenvalue weighted by molar-refractivity contribution is 5.84. The Morgan fingerprint density at radius 1 is 1.04 bits per heavy atom. The van der Waals surface area contributed by atoms with E-state index in [1.54, 1.807) is 23.0 Å². The van der Waals surface area contributed by atoms with E-state index < -0.39 is 0 Å². The van der Waals surface area contributed by atoms with E-state index in [1.165, 1.54) is 0 Å². The van der Waals surface area contributed by atoms with Crippen LogP contribution in [0.4, 0.5) is 0 Å². The fraction of sp³-hybridized carbons (Fsp3) is 0.0526. The summed E-state index contributed by atoms with van der Waals surface area (Å²) in [7, 11) is 0. The van der Waals surface area contributed by atoms with Crippen molar-refractivity contribution >= 4 is 10.9 Å². The Labute approximate surface area is 144 Å². The summed E-state index contributed by atoms with van der Waals surface area (Å²) in [4.78, 5) is 8.89. The molecule has 0 aliphatic rings. The molecule has 3 aromatic heterocycles. The van der Waals surface area contributed by atoms with Gasteiger partial charge in [-0.3, -0.25) is 4.98 Å². The van der Waals surface area contributed by atoms with E-state index in [9.17, 15) is 0 Å². The van der Waals surface area contributed by atoms with Crippen LogP contribution in [0.15, 0.2) is 60.8 Å². The molecule has 0 unspecified atom stereocenters. The maximum absolute atomic E-state index is 9.05. The fourth-order valence-electron chi connectivity index (χ4n) is 2.72. The Kier molecular flexibility index (Phi) is 3.69. The molecule has 0 aliphatic heterocycles. The molecule has 0 saturated heterocycles. The summed E-state index contributed by atoms with van der Waals surface area (Å²) in [6.45, 7) is 0.402. The molecule has 4 aromatic rings. The molecule has 6 nitrogen and oxygen atoms in total. The summed E-state index contributed by atoms with van der Waals surface area (Å²) in [6, 6.07) is 19.2. The molecular formula is C19H14N6. The zero-order chi connectivity index (χ0) is 17.2. The van der Waals surface area contributed by atoms with Crippen LogP contribution in [0.25, 0.3) is 28.0 Å². The second-order valence-corrected chi connectivity index (χ2v) is 5.54. The van der Waals surface area contributed by atoms with Crippen molar-refractivity contribution in [2.75, 3.05) is 0 Å². The van der Waals surface area contributed by atoms with Gasteiger partial charge in [0.25, 0.3) is 0 Å². The Hall–Kier alpha value is -3.56. The van der Waals surface area contributed by atoms with Crippen LogP contribution in [0.2, 0.25) is 0 Å². The average Bonchev–Trinajstić information content (AvgIpc) is 3.11. The number of hydrogen-bond donors (Lipinski definition) is 1. The van der Waals surface area contributed by atoms with Gasteiger partial charge in [0, 0.05) is 17.5 Å². The molecule has 3 heterocycles. The van der Waals surface area contributed by atoms with Gasteiger partial charge in [-0.05, 0) is 30.3 Å². The maximum Gasteiger partial charge on any atom is 0.155 e. The summed E-state index contributed by atoms with van der Waals surface area (Å²) in [5, 5.41) is 14.5. The highest BCUT2D eigenvalue weighted by Crippen LogP contribution is 2.24. The van der Waals surface area contributed by atoms with E-state index >= 15 is 0 Å². The molecule has 0 spiro atoms. The molecule has 0 amide bonds. The van der Waals surface area contributed by atoms with Gasteiger partial charge >= 0.3 is 0 Å². The SMILES string of the molecule is N#Cc1cccc(-n2ncc3ccc(-c4cccc(CN)n4)cc32)n1. The summed E-state index contributed by atoms with van der Waals surface area (Å²) < 4.78 is 1.73. The molecule has 4 rings (SSSR count). The lowest BCUT2D eigenvalue weighted by Gasteiger charge is -2.06. The van der Waals surface area contributed by atoms with Crippen molar-refractivity contribution < 1.29 is 0 Å². The topological polar surface area (TPSA) is 93.4 Å². The summed E-state index contributed by atoms with van der Waals surface area (Å²) in [6.07, 6.45) is 1.78. The molecule has 0 fully saturated rings. The van der Waals surface area contributed by atoms with Gasteiger partial charge in [-0.25, -0.2) is 9.67 Å². The number of pyridine rings is 2. The first-order valence-electron chi connectivity index (χ1n) is 7.80. The van der Waals surface area contributed by atoms with Crippen LogP contribution in [0.1, 0.15) is 11.4 Å². The number of aromatic nitrogens is 4. The van der Waals surface area contributed by atoms with Crippen LogP contribution < -0.4 is 5.73 Å². The van der Waals surface area contributed by atoms with E-state index in [2.05, 4.69) is 21.1 Å². The van der Waals surface area contributed by atoms with Crippen molar-refractivity contribution in [3.05, 3.63) is 72.2 Å². The molecule has 0 bridgehead atoms. The standard InChI is InChI=1S/C19H14N6/c20-10-15-3-1-5-17(23-15)13-7-8-14-12-22-25(18(14)9-13)19-6-2-4-16(11-21)24-19/h1-9,12H,10,20H2. The van der Waals surface area contributed by atoms with Crippen molar-refractivity contribution in [2.24, 2.45) is 5.73 Å². The minimum absolute atomic E-state index is 0.356. The Bertz CT molecular complexity index is 1110. The molecule has 6 heteroatoms. The lowest BCUT2D eigenvalue weighted by atomic mass is 10.1. The van der Waals surface area contributed by atoms with Crippen LogP contribution in [-0.2, 0) is 6.54 Å². The number of nitrogens with two attached hydrogens (primary N) is 1. The smallest absolute Gasteiger partial charge is 0.155 e. The summed E-state index contributed by atoms with van der Waals surface area (Å²) in [5.74, 6) is 0.606. The lowest BCUT2D eigenvalue weighted by molar-refractivity contribution is 0.872. The predicted octanol–water partition coefficient (Wildman–Crippen LogP) is 2.81. The van der Waals surface area contributed by atoms with Crippen molar-refractivity contribution in [3.8, 4) is 23.1 Å². The minimum atomic E-state index is 0.356. The van der Waals surface area contributed by atoms with Crippen LogP contribution >= 0.6 is 0 Å². The van der Waals surface area contributed by atoms with Crippen molar-refractivity contribution in [3.63, 3.8) is 0 Å². The predicted molar refractivity (Wildman–Crippen MR) is 94.7 cm³/mol. The molecule has 0 saturated carbocycles. The van der Waals surface area contributed by atoms with Crippen LogP contribution in [0.5, 0.6) is 0 Å². The molecule has 0 atom stereocenters. The second-order valence-electron chi connectivity index (χ2n) is 5.54. The number of benzene rings is 1. The van der Waals surface area contributed by atoms with Crippen molar-refractivity contribution in [1.29, 1.82) is 5.26 Å². The van der Waals surface area contributed by atoms with E-state index in [0.717, 1.165) is 27.9 Å². The zero-order valence-electron chi connectivity index (χ0n) is 13.3. The van der Waals surface area contributed by atoms with Crippen molar-refractivity contribution in [1.82, 2.24) is 19.7 Å². The van der Waals surface area contributed by atoms with Gasteiger partial charge in [-0.1, -0.05) is 24.3 Å². The number of nitriles is 1. The summed E-state index contributed by atoms with van der Waals surface area (Å²) in [5.41, 5.74) is 9.62. The monoisotopic (exact) mass is 326 g/mol. The Balaban J connectivity index is 1.86. The molecule has 25 heavy (non-hydrogen) atoms. The van der Waals surface area contributed by atoms with Crippen molar-refractivity contribution in [2.45, 2.75) is 6.54 Å². The minimum Gasteiger partial charge on any atom is -0.325 e. The number of fused-ring (bicyclic) bond motifs is 1. The van der Waals surface area contributed by atoms with Gasteiger partial charge in [0.2, 0.25) is 0 Å². The second kappa shape index (κ2) is 6.15. The fourth-order valence-corrected chi connectivity index (χ4v) is 2.72. The zero-order valence-corrected chi connectivity index (χ0v) is 13.3. The first kappa shape index (κ1) is 15.0. The van der Waals surface area contributed by atoms with Crippen LogP contribution in [-0.4, -0.2) is 19.7 Å². The van der Waals surface area contributed by atoms with Gasteiger partial charge in [-0.15, -0.1) is 0 Å². The molecular weight excluding hydrogens is 312 g/mol. The third kappa shape index (κ3) is 2.73. The van der Waals surface area contributed by atoms with Gasteiger partial charge < -0.3 is 5.73 Å². The normalized spacial score (nSPS) is 10.7. The molecule has 2 N–H and O–H groups in total. The van der Waals surface area contributed by atoms with Gasteiger partial charge in [0.05, 0.1) is 23.1 Å². The number of rotatable bonds is 3. The Morgan fingerprint density at radius 2 is 1.92 bits per heavy atom. The molecule has 0 aliphatic carbocycles. The van der Waals surface area contributed by atoms with E-state index in [-0.39, 0.29) is 0 Å². The van der Waals surface area contributed by atoms with E-state index in [1.807, 2.05) is 42.5 Å². The number of nitrogens with zero attached hydrogens (tertiary/aromatic N) is 5. The molecule has 0 radical (unpaired) electrons. The quantitative estimate of drug-likeness (QED) is 0.625. The first-order chi connectivity index (χ1) is 12.3. The van der Waals surface area contributed by atoms with Gasteiger partial charge in [0.1, 0.15) is 11.8 Å². The largest absolute Gasteiger partial charge is 0.325 e. The highest BCUT2D eigenvalue weighted by atomic mass is 15.3. The van der Waals surface area contributed by atoms with Crippen LogP contribution in [0, 0.1) is 11.3 Å². The van der Waals surface area contributed by atoms with E-state index in [0.29, 0.717) is 18.1 Å². The van der Waals surface area contributed by atoms with Gasteiger partial charge in [0.15, 0.2) is 5.82 Å². The lowest BCUT2D eigenvalue weighted by Crippen LogP contribution is -2.01. The molecule has 1 aromatic carbocycles.